The number of ether oxygens (including phenoxy) is 1. The third kappa shape index (κ3) is 4.82. The first-order valence-electron chi connectivity index (χ1n) is 12.8. The molecule has 14 heteroatoms. The van der Waals surface area contributed by atoms with E-state index in [0.29, 0.717) is 6.42 Å². The minimum Gasteiger partial charge on any atom is -0.494 e. The number of aromatic nitrogens is 3. The number of hydrazine groups is 1. The molecule has 0 aliphatic carbocycles. The van der Waals surface area contributed by atoms with Crippen LogP contribution < -0.4 is 15.2 Å². The zero-order valence-corrected chi connectivity index (χ0v) is 22.2. The smallest absolute Gasteiger partial charge is 0.417 e. The number of imidazole rings is 1. The van der Waals surface area contributed by atoms with Gasteiger partial charge in [0, 0.05) is 17.8 Å². The summed E-state index contributed by atoms with van der Waals surface area (Å²) in [5, 5.41) is 15.4. The van der Waals surface area contributed by atoms with Crippen molar-refractivity contribution < 1.29 is 41.1 Å². The van der Waals surface area contributed by atoms with Crippen molar-refractivity contribution in [2.75, 3.05) is 17.0 Å². The van der Waals surface area contributed by atoms with Crippen molar-refractivity contribution in [1.82, 2.24) is 14.7 Å². The number of hydrogen-bond donors (Lipinski definition) is 2. The molecule has 2 N–H and O–H groups in total. The highest BCUT2D eigenvalue weighted by atomic mass is 19.4. The SMILES string of the molecule is CCCOc1ccc(-c2cc(C(CC)(C(=O)O)n3cnc4c3C=CN(c3cccc(F)c3F)N4)on2)c(C(F)(F)F)c1. The summed E-state index contributed by atoms with van der Waals surface area (Å²) >= 11 is 0. The molecule has 5 rings (SSSR count). The summed E-state index contributed by atoms with van der Waals surface area (Å²) in [6.45, 7) is 3.61. The van der Waals surface area contributed by atoms with Gasteiger partial charge in [-0.3, -0.25) is 10.4 Å². The summed E-state index contributed by atoms with van der Waals surface area (Å²) in [4.78, 5) is 17.0. The molecular weight excluding hydrogens is 565 g/mol. The van der Waals surface area contributed by atoms with Crippen LogP contribution in [0.25, 0.3) is 17.3 Å². The van der Waals surface area contributed by atoms with Gasteiger partial charge in [-0.25, -0.2) is 18.6 Å². The normalized spacial score (nSPS) is 14.3. The number of carboxylic acid groups (broad SMARTS) is 1. The molecule has 0 radical (unpaired) electrons. The minimum atomic E-state index is -4.76. The van der Waals surface area contributed by atoms with Crippen molar-refractivity contribution in [1.29, 1.82) is 0 Å². The highest BCUT2D eigenvalue weighted by molar-refractivity contribution is 5.83. The highest BCUT2D eigenvalue weighted by Crippen LogP contribution is 2.42. The van der Waals surface area contributed by atoms with Crippen molar-refractivity contribution in [2.24, 2.45) is 0 Å². The molecule has 42 heavy (non-hydrogen) atoms. The van der Waals surface area contributed by atoms with Gasteiger partial charge in [-0.1, -0.05) is 25.1 Å². The van der Waals surface area contributed by atoms with Crippen LogP contribution >= 0.6 is 0 Å². The van der Waals surface area contributed by atoms with Crippen molar-refractivity contribution in [3.8, 4) is 17.0 Å². The van der Waals surface area contributed by atoms with Crippen LogP contribution in [0.4, 0.5) is 33.5 Å². The quantitative estimate of drug-likeness (QED) is 0.208. The zero-order valence-electron chi connectivity index (χ0n) is 22.2. The molecule has 1 unspecified atom stereocenters. The van der Waals surface area contributed by atoms with Crippen molar-refractivity contribution in [2.45, 2.75) is 38.4 Å². The van der Waals surface area contributed by atoms with Gasteiger partial charge in [-0.2, -0.15) is 13.2 Å². The Labute approximate surface area is 235 Å². The van der Waals surface area contributed by atoms with Gasteiger partial charge in [0.25, 0.3) is 0 Å². The van der Waals surface area contributed by atoms with Crippen LogP contribution in [0.2, 0.25) is 0 Å². The fourth-order valence-electron chi connectivity index (χ4n) is 4.73. The number of anilines is 2. The zero-order chi connectivity index (χ0) is 30.2. The van der Waals surface area contributed by atoms with Crippen LogP contribution in [0, 0.1) is 11.6 Å². The van der Waals surface area contributed by atoms with E-state index in [9.17, 15) is 31.9 Å². The Bertz CT molecular complexity index is 1660. The lowest BCUT2D eigenvalue weighted by Gasteiger charge is -2.30. The number of hydrogen-bond acceptors (Lipinski definition) is 7. The second-order valence-electron chi connectivity index (χ2n) is 9.37. The predicted octanol–water partition coefficient (Wildman–Crippen LogP) is 6.68. The van der Waals surface area contributed by atoms with E-state index in [1.165, 1.54) is 52.4 Å². The monoisotopic (exact) mass is 589 g/mol. The van der Waals surface area contributed by atoms with Gasteiger partial charge in [0.2, 0.25) is 5.54 Å². The number of nitrogens with one attached hydrogen (secondary N) is 1. The first kappa shape index (κ1) is 28.6. The van der Waals surface area contributed by atoms with Gasteiger partial charge < -0.3 is 18.9 Å². The molecule has 0 saturated heterocycles. The topological polar surface area (TPSA) is 106 Å². The highest BCUT2D eigenvalue weighted by Gasteiger charge is 2.47. The molecule has 1 atom stereocenters. The summed E-state index contributed by atoms with van der Waals surface area (Å²) < 4.78 is 82.2. The van der Waals surface area contributed by atoms with E-state index in [1.807, 2.05) is 6.92 Å². The van der Waals surface area contributed by atoms with Crippen LogP contribution in [0.15, 0.2) is 59.5 Å². The maximum atomic E-state index is 14.4. The van der Waals surface area contributed by atoms with Gasteiger partial charge in [0.1, 0.15) is 17.1 Å². The number of fused-ring (bicyclic) bond motifs is 1. The van der Waals surface area contributed by atoms with Crippen LogP contribution in [-0.2, 0) is 16.5 Å². The molecule has 0 spiro atoms. The Morgan fingerprint density at radius 2 is 1.93 bits per heavy atom. The van der Waals surface area contributed by atoms with Crippen LogP contribution in [0.3, 0.4) is 0 Å². The molecule has 0 amide bonds. The summed E-state index contributed by atoms with van der Waals surface area (Å²) in [5.41, 5.74) is -0.662. The average molecular weight is 590 g/mol. The number of carbonyl (C=O) groups is 1. The van der Waals surface area contributed by atoms with Crippen molar-refractivity contribution in [3.63, 3.8) is 0 Å². The molecule has 1 aliphatic rings. The Morgan fingerprint density at radius 1 is 1.14 bits per heavy atom. The summed E-state index contributed by atoms with van der Waals surface area (Å²) in [6.07, 6.45) is -0.289. The van der Waals surface area contributed by atoms with Crippen LogP contribution in [0.1, 0.15) is 43.7 Å². The molecule has 4 aromatic rings. The van der Waals surface area contributed by atoms with Gasteiger partial charge >= 0.3 is 12.1 Å². The number of benzene rings is 2. The van der Waals surface area contributed by atoms with Crippen LogP contribution in [-0.4, -0.2) is 32.4 Å². The number of carboxylic acids is 1. The maximum absolute atomic E-state index is 14.4. The molecule has 2 aromatic carbocycles. The first-order valence-corrected chi connectivity index (χ1v) is 12.8. The van der Waals surface area contributed by atoms with E-state index in [2.05, 4.69) is 15.6 Å². The van der Waals surface area contributed by atoms with Gasteiger partial charge in [0.15, 0.2) is 23.2 Å². The largest absolute Gasteiger partial charge is 0.494 e. The van der Waals surface area contributed by atoms with Gasteiger partial charge in [0.05, 0.1) is 24.2 Å². The molecule has 0 saturated carbocycles. The van der Waals surface area contributed by atoms with E-state index >= 15 is 0 Å². The molecule has 9 nitrogen and oxygen atoms in total. The van der Waals surface area contributed by atoms with Crippen LogP contribution in [0.5, 0.6) is 5.75 Å². The Hall–Kier alpha value is -4.88. The number of nitrogens with zero attached hydrogens (tertiary/aromatic N) is 4. The Balaban J connectivity index is 1.55. The molecule has 1 aliphatic heterocycles. The lowest BCUT2D eigenvalue weighted by atomic mass is 9.91. The number of halogens is 5. The summed E-state index contributed by atoms with van der Waals surface area (Å²) in [7, 11) is 0. The second-order valence-corrected chi connectivity index (χ2v) is 9.37. The third-order valence-electron chi connectivity index (χ3n) is 6.84. The summed E-state index contributed by atoms with van der Waals surface area (Å²) in [6, 6.07) is 8.19. The Morgan fingerprint density at radius 3 is 2.62 bits per heavy atom. The number of alkyl halides is 3. The van der Waals surface area contributed by atoms with E-state index in [4.69, 9.17) is 9.26 Å². The van der Waals surface area contributed by atoms with E-state index in [0.717, 1.165) is 18.2 Å². The predicted molar refractivity (Wildman–Crippen MR) is 141 cm³/mol. The second kappa shape index (κ2) is 10.8. The molecular formula is C28H24F5N5O4. The molecule has 0 fully saturated rings. The van der Waals surface area contributed by atoms with Gasteiger partial charge in [-0.05, 0) is 49.2 Å². The van der Waals surface area contributed by atoms with Crippen molar-refractivity contribution >= 4 is 23.6 Å². The molecule has 2 aromatic heterocycles. The standard InChI is InChI=1S/C28H24F5N5O4/c1-3-12-41-16-8-9-17(18(13-16)28(31,32)33)20-14-23(42-36-20)27(4-2,26(39)40)37-15-34-25-22(37)10-11-38(35-25)21-7-5-6-19(29)24(21)30/h5-11,13-15,35H,3-4,12H2,1-2H3,(H,39,40). The Kier molecular flexibility index (Phi) is 7.39. The lowest BCUT2D eigenvalue weighted by Crippen LogP contribution is -2.43. The average Bonchev–Trinajstić information content (AvgIpc) is 3.62. The van der Waals surface area contributed by atoms with E-state index in [-0.39, 0.29) is 53.0 Å². The minimum absolute atomic E-state index is 0.0292. The summed E-state index contributed by atoms with van der Waals surface area (Å²) in [5.74, 6) is -3.67. The van der Waals surface area contributed by atoms with E-state index in [1.54, 1.807) is 6.92 Å². The molecule has 0 bridgehead atoms. The number of aliphatic carboxylic acids is 1. The molecule has 3 heterocycles. The lowest BCUT2D eigenvalue weighted by molar-refractivity contribution is -0.146. The molecule has 220 valence electrons. The number of rotatable bonds is 9. The maximum Gasteiger partial charge on any atom is 0.417 e. The fourth-order valence-corrected chi connectivity index (χ4v) is 4.73. The van der Waals surface area contributed by atoms with Gasteiger partial charge in [-0.15, -0.1) is 0 Å². The van der Waals surface area contributed by atoms with Crippen molar-refractivity contribution in [3.05, 3.63) is 83.6 Å². The van der Waals surface area contributed by atoms with E-state index < -0.39 is 34.9 Å². The first-order chi connectivity index (χ1) is 20.0. The fraction of sp³-hybridized carbons (Fsp3) is 0.250. The third-order valence-corrected chi connectivity index (χ3v) is 6.84.